The molecule has 3 aromatic rings. The fourth-order valence-corrected chi connectivity index (χ4v) is 2.15. The molecule has 0 fully saturated rings. The summed E-state index contributed by atoms with van der Waals surface area (Å²) >= 11 is 0. The van der Waals surface area contributed by atoms with Gasteiger partial charge in [-0.1, -0.05) is 12.1 Å². The quantitative estimate of drug-likeness (QED) is 0.725. The molecule has 0 amide bonds. The molecule has 0 aliphatic carbocycles. The van der Waals surface area contributed by atoms with Crippen molar-refractivity contribution in [2.24, 2.45) is 0 Å². The number of hydrogen-bond acceptors (Lipinski definition) is 3. The van der Waals surface area contributed by atoms with Gasteiger partial charge >= 0.3 is 5.97 Å². The van der Waals surface area contributed by atoms with E-state index in [0.29, 0.717) is 22.4 Å². The van der Waals surface area contributed by atoms with E-state index in [1.807, 2.05) is 6.07 Å². The number of aromatic amines is 1. The predicted molar refractivity (Wildman–Crippen MR) is 82.9 cm³/mol. The van der Waals surface area contributed by atoms with E-state index >= 15 is 0 Å². The molecule has 0 aliphatic heterocycles. The first-order valence-electron chi connectivity index (χ1n) is 6.67. The highest BCUT2D eigenvalue weighted by molar-refractivity contribution is 5.94. The molecule has 0 unspecified atom stereocenters. The van der Waals surface area contributed by atoms with Crippen LogP contribution >= 0.6 is 0 Å². The second-order valence-electron chi connectivity index (χ2n) is 4.84. The van der Waals surface area contributed by atoms with Gasteiger partial charge in [-0.25, -0.2) is 14.2 Å². The number of allylic oxidation sites excluding steroid dienone is 1. The number of carboxylic acids is 1. The SMILES string of the molecule is N#C/C(=C\c1ccc(F)cc1)c1nc2ccc(C(=O)O)cc2[nH]1. The van der Waals surface area contributed by atoms with E-state index in [4.69, 9.17) is 5.11 Å². The van der Waals surface area contributed by atoms with Gasteiger partial charge in [-0.2, -0.15) is 5.26 Å². The topological polar surface area (TPSA) is 89.8 Å². The van der Waals surface area contributed by atoms with Gasteiger partial charge in [-0.15, -0.1) is 0 Å². The van der Waals surface area contributed by atoms with Gasteiger partial charge in [-0.05, 0) is 42.0 Å². The lowest BCUT2D eigenvalue weighted by Crippen LogP contribution is -1.94. The van der Waals surface area contributed by atoms with E-state index in [1.54, 1.807) is 24.3 Å². The largest absolute Gasteiger partial charge is 0.478 e. The number of aromatic carboxylic acids is 1. The zero-order valence-electron chi connectivity index (χ0n) is 11.7. The normalized spacial score (nSPS) is 11.4. The first kappa shape index (κ1) is 14.5. The maximum absolute atomic E-state index is 12.9. The number of nitrogens with zero attached hydrogens (tertiary/aromatic N) is 2. The van der Waals surface area contributed by atoms with Crippen LogP contribution in [-0.4, -0.2) is 21.0 Å². The van der Waals surface area contributed by atoms with Gasteiger partial charge < -0.3 is 10.1 Å². The molecule has 6 heteroatoms. The highest BCUT2D eigenvalue weighted by Crippen LogP contribution is 2.20. The Morgan fingerprint density at radius 2 is 2.00 bits per heavy atom. The maximum Gasteiger partial charge on any atom is 0.335 e. The van der Waals surface area contributed by atoms with Crippen LogP contribution in [0.15, 0.2) is 42.5 Å². The minimum atomic E-state index is -1.04. The van der Waals surface area contributed by atoms with Crippen molar-refractivity contribution < 1.29 is 14.3 Å². The van der Waals surface area contributed by atoms with E-state index < -0.39 is 5.97 Å². The minimum Gasteiger partial charge on any atom is -0.478 e. The number of carbonyl (C=O) groups is 1. The Bertz CT molecular complexity index is 966. The van der Waals surface area contributed by atoms with Crippen LogP contribution in [0, 0.1) is 17.1 Å². The molecule has 2 N–H and O–H groups in total. The number of imidazole rings is 1. The number of fused-ring (bicyclic) bond motifs is 1. The van der Waals surface area contributed by atoms with Gasteiger partial charge in [0.1, 0.15) is 17.7 Å². The van der Waals surface area contributed by atoms with E-state index in [9.17, 15) is 14.4 Å². The summed E-state index contributed by atoms with van der Waals surface area (Å²) in [5.74, 6) is -1.06. The molecule has 0 aliphatic rings. The van der Waals surface area contributed by atoms with Gasteiger partial charge in [0.15, 0.2) is 0 Å². The summed E-state index contributed by atoms with van der Waals surface area (Å²) in [6, 6.07) is 12.2. The number of aromatic nitrogens is 2. The molecule has 0 radical (unpaired) electrons. The summed E-state index contributed by atoms with van der Waals surface area (Å²) in [5, 5.41) is 18.3. The number of benzene rings is 2. The summed E-state index contributed by atoms with van der Waals surface area (Å²) in [5.41, 5.74) is 2.15. The van der Waals surface area contributed by atoms with Crippen LogP contribution in [0.4, 0.5) is 4.39 Å². The first-order chi connectivity index (χ1) is 11.1. The van der Waals surface area contributed by atoms with Crippen molar-refractivity contribution >= 4 is 28.7 Å². The second kappa shape index (κ2) is 5.73. The van der Waals surface area contributed by atoms with Crippen LogP contribution in [0.5, 0.6) is 0 Å². The van der Waals surface area contributed by atoms with E-state index in [2.05, 4.69) is 9.97 Å². The molecule has 2 aromatic carbocycles. The van der Waals surface area contributed by atoms with Crippen LogP contribution in [0.25, 0.3) is 22.7 Å². The molecule has 1 aromatic heterocycles. The molecule has 0 atom stereocenters. The van der Waals surface area contributed by atoms with E-state index in [-0.39, 0.29) is 17.0 Å². The lowest BCUT2D eigenvalue weighted by Gasteiger charge is -1.95. The summed E-state index contributed by atoms with van der Waals surface area (Å²) < 4.78 is 12.9. The molecule has 1 heterocycles. The van der Waals surface area contributed by atoms with E-state index in [1.165, 1.54) is 24.3 Å². The van der Waals surface area contributed by atoms with Crippen molar-refractivity contribution in [3.63, 3.8) is 0 Å². The Morgan fingerprint density at radius 1 is 1.26 bits per heavy atom. The second-order valence-corrected chi connectivity index (χ2v) is 4.84. The number of rotatable bonds is 3. The number of nitriles is 1. The van der Waals surface area contributed by atoms with Gasteiger partial charge in [0.25, 0.3) is 0 Å². The smallest absolute Gasteiger partial charge is 0.335 e. The van der Waals surface area contributed by atoms with Crippen molar-refractivity contribution in [3.8, 4) is 6.07 Å². The van der Waals surface area contributed by atoms with Gasteiger partial charge in [-0.3, -0.25) is 0 Å². The van der Waals surface area contributed by atoms with Gasteiger partial charge in [0.2, 0.25) is 0 Å². The molecule has 5 nitrogen and oxygen atoms in total. The third kappa shape index (κ3) is 2.94. The molecule has 3 rings (SSSR count). The van der Waals surface area contributed by atoms with Crippen molar-refractivity contribution in [1.29, 1.82) is 5.26 Å². The molecule has 0 spiro atoms. The van der Waals surface area contributed by atoms with Crippen molar-refractivity contribution in [1.82, 2.24) is 9.97 Å². The molecule has 23 heavy (non-hydrogen) atoms. The number of carboxylic acid groups (broad SMARTS) is 1. The van der Waals surface area contributed by atoms with Crippen LogP contribution in [0.3, 0.4) is 0 Å². The molecule has 0 bridgehead atoms. The Labute approximate surface area is 130 Å². The Hall–Kier alpha value is -3.46. The van der Waals surface area contributed by atoms with Gasteiger partial charge in [0, 0.05) is 0 Å². The lowest BCUT2D eigenvalue weighted by molar-refractivity contribution is 0.0697. The molecular weight excluding hydrogens is 297 g/mol. The Balaban J connectivity index is 2.04. The number of H-pyrrole nitrogens is 1. The number of halogens is 1. The van der Waals surface area contributed by atoms with Crippen molar-refractivity contribution in [2.75, 3.05) is 0 Å². The van der Waals surface area contributed by atoms with E-state index in [0.717, 1.165) is 0 Å². The summed E-state index contributed by atoms with van der Waals surface area (Å²) in [4.78, 5) is 18.2. The monoisotopic (exact) mass is 307 g/mol. The first-order valence-corrected chi connectivity index (χ1v) is 6.67. The molecule has 112 valence electrons. The summed E-state index contributed by atoms with van der Waals surface area (Å²) in [6.07, 6.45) is 1.58. The lowest BCUT2D eigenvalue weighted by atomic mass is 10.1. The minimum absolute atomic E-state index is 0.133. The fourth-order valence-electron chi connectivity index (χ4n) is 2.15. The average Bonchev–Trinajstić information content (AvgIpc) is 2.97. The standard InChI is InChI=1S/C17H10FN3O2/c18-13-4-1-10(2-5-13)7-12(9-19)16-20-14-6-3-11(17(22)23)8-15(14)21-16/h1-8H,(H,20,21)(H,22,23)/b12-7+. The zero-order chi connectivity index (χ0) is 16.4. The summed E-state index contributed by atoms with van der Waals surface area (Å²) in [7, 11) is 0. The average molecular weight is 307 g/mol. The Kier molecular flexibility index (Phi) is 3.61. The number of hydrogen-bond donors (Lipinski definition) is 2. The fraction of sp³-hybridized carbons (Fsp3) is 0. The summed E-state index contributed by atoms with van der Waals surface area (Å²) in [6.45, 7) is 0. The number of nitrogens with one attached hydrogen (secondary N) is 1. The van der Waals surface area contributed by atoms with Gasteiger partial charge in [0.05, 0.1) is 22.2 Å². The maximum atomic E-state index is 12.9. The van der Waals surface area contributed by atoms with Crippen LogP contribution < -0.4 is 0 Å². The van der Waals surface area contributed by atoms with Crippen molar-refractivity contribution in [2.45, 2.75) is 0 Å². The third-order valence-corrected chi connectivity index (χ3v) is 3.29. The molecule has 0 saturated carbocycles. The zero-order valence-corrected chi connectivity index (χ0v) is 11.7. The highest BCUT2D eigenvalue weighted by atomic mass is 19.1. The van der Waals surface area contributed by atoms with Crippen LogP contribution in [0.1, 0.15) is 21.7 Å². The van der Waals surface area contributed by atoms with Crippen LogP contribution in [-0.2, 0) is 0 Å². The van der Waals surface area contributed by atoms with Crippen LogP contribution in [0.2, 0.25) is 0 Å². The van der Waals surface area contributed by atoms with Crippen molar-refractivity contribution in [3.05, 3.63) is 65.2 Å². The molecule has 0 saturated heterocycles. The highest BCUT2D eigenvalue weighted by Gasteiger charge is 2.10. The Morgan fingerprint density at radius 3 is 2.65 bits per heavy atom. The predicted octanol–water partition coefficient (Wildman–Crippen LogP) is 3.46. The molecular formula is C17H10FN3O2. The third-order valence-electron chi connectivity index (χ3n) is 3.29.